The van der Waals surface area contributed by atoms with Crippen molar-refractivity contribution in [1.29, 1.82) is 0 Å². The maximum Gasteiger partial charge on any atom is 0.348 e. The van der Waals surface area contributed by atoms with E-state index >= 15 is 0 Å². The van der Waals surface area contributed by atoms with Crippen LogP contribution in [0.1, 0.15) is 87.9 Å². The zero-order valence-corrected chi connectivity index (χ0v) is 35.1. The fourth-order valence-electron chi connectivity index (χ4n) is 7.76. The number of carbonyl (C=O) groups excluding carboxylic acids is 6. The summed E-state index contributed by atoms with van der Waals surface area (Å²) in [5.41, 5.74) is 1.12. The summed E-state index contributed by atoms with van der Waals surface area (Å²) >= 11 is 0. The van der Waals surface area contributed by atoms with E-state index in [0.717, 1.165) is 17.2 Å². The minimum atomic E-state index is -1.48. The largest absolute Gasteiger partial charge is 0.462 e. The summed E-state index contributed by atoms with van der Waals surface area (Å²) in [5, 5.41) is 25.8. The Kier molecular flexibility index (Phi) is 13.5. The third-order valence-corrected chi connectivity index (χ3v) is 10.8. The number of hydrogen-bond donors (Lipinski definition) is 4. The van der Waals surface area contributed by atoms with Crippen molar-refractivity contribution in [1.82, 2.24) is 10.6 Å². The van der Waals surface area contributed by atoms with E-state index in [0.29, 0.717) is 18.4 Å². The number of esters is 4. The van der Waals surface area contributed by atoms with Crippen LogP contribution in [0.15, 0.2) is 66.3 Å². The summed E-state index contributed by atoms with van der Waals surface area (Å²) in [6.45, 7) is 9.55. The van der Waals surface area contributed by atoms with Crippen LogP contribution >= 0.6 is 0 Å². The Morgan fingerprint density at radius 2 is 1.64 bits per heavy atom. The molecule has 1 spiro atoms. The maximum atomic E-state index is 14.0. The van der Waals surface area contributed by atoms with Crippen molar-refractivity contribution in [2.45, 2.75) is 128 Å². The number of benzene rings is 2. The predicted molar refractivity (Wildman–Crippen MR) is 216 cm³/mol. The van der Waals surface area contributed by atoms with Gasteiger partial charge in [-0.25, -0.2) is 14.4 Å². The van der Waals surface area contributed by atoms with Crippen LogP contribution in [0.3, 0.4) is 0 Å². The van der Waals surface area contributed by atoms with Gasteiger partial charge in [-0.2, -0.15) is 0 Å². The minimum absolute atomic E-state index is 0.0418. The number of amides is 2. The second-order valence-corrected chi connectivity index (χ2v) is 17.6. The first-order valence-corrected chi connectivity index (χ1v) is 20.4. The van der Waals surface area contributed by atoms with E-state index in [4.69, 9.17) is 28.4 Å². The average Bonchev–Trinajstić information content (AvgIpc) is 3.83. The van der Waals surface area contributed by atoms with Gasteiger partial charge in [-0.05, 0) is 69.0 Å². The fraction of sp³-hybridized carbons (Fsp3) is 0.511. The molecule has 328 valence electrons. The first kappa shape index (κ1) is 45.1. The molecule has 0 aromatic heterocycles. The Bertz CT molecular complexity index is 2060. The molecule has 2 fully saturated rings. The van der Waals surface area contributed by atoms with Crippen LogP contribution in [0, 0.1) is 5.41 Å². The van der Waals surface area contributed by atoms with Crippen molar-refractivity contribution in [2.24, 2.45) is 5.41 Å². The van der Waals surface area contributed by atoms with E-state index in [2.05, 4.69) is 10.6 Å². The molecular formula is C45H54N2O14. The van der Waals surface area contributed by atoms with Crippen LogP contribution in [-0.4, -0.2) is 113 Å². The highest BCUT2D eigenvalue weighted by molar-refractivity contribution is 5.98. The quantitative estimate of drug-likeness (QED) is 0.122. The predicted octanol–water partition coefficient (Wildman–Crippen LogP) is 2.79. The molecule has 2 heterocycles. The number of fused-ring (bicyclic) bond motifs is 2. The van der Waals surface area contributed by atoms with E-state index in [1.165, 1.54) is 19.1 Å². The van der Waals surface area contributed by atoms with Crippen LogP contribution in [0.2, 0.25) is 0 Å². The van der Waals surface area contributed by atoms with E-state index in [1.54, 1.807) is 58.9 Å². The lowest BCUT2D eigenvalue weighted by Gasteiger charge is -2.31. The number of hydrogen-bond acceptors (Lipinski definition) is 14. The molecule has 4 N–H and O–H groups in total. The Morgan fingerprint density at radius 1 is 0.967 bits per heavy atom. The van der Waals surface area contributed by atoms with Gasteiger partial charge in [0.05, 0.1) is 24.3 Å². The Labute approximate surface area is 353 Å². The molecule has 2 saturated heterocycles. The maximum absolute atomic E-state index is 14.0. The molecule has 6 rings (SSSR count). The SMILES string of the molecule is C[C@H](O)[C@@H](NC(=O)C1=C[C@H]2OC3(Cc4ccccc4C3)O[C@H]2[C@H](OC(=O)c2ccccc2C=CC(=O)O[C@H]2C(=O)OCC2(C)C)C1)C(=O)N[C@H](CO)CCC(=O)OC(C)(C)C. The summed E-state index contributed by atoms with van der Waals surface area (Å²) in [4.78, 5) is 78.6. The normalized spacial score (nSPS) is 23.8. The van der Waals surface area contributed by atoms with E-state index < -0.39 is 102 Å². The zero-order chi connectivity index (χ0) is 44.3. The smallest absolute Gasteiger partial charge is 0.348 e. The summed E-state index contributed by atoms with van der Waals surface area (Å²) in [6, 6.07) is 11.8. The second-order valence-electron chi connectivity index (χ2n) is 17.6. The Morgan fingerprint density at radius 3 is 2.26 bits per heavy atom. The Balaban J connectivity index is 1.18. The van der Waals surface area contributed by atoms with Crippen LogP contribution in [-0.2, 0) is 65.2 Å². The molecule has 0 saturated carbocycles. The van der Waals surface area contributed by atoms with Gasteiger partial charge in [0.1, 0.15) is 36.6 Å². The van der Waals surface area contributed by atoms with Crippen molar-refractivity contribution in [2.75, 3.05) is 13.2 Å². The lowest BCUT2D eigenvalue weighted by molar-refractivity contribution is -0.172. The van der Waals surface area contributed by atoms with Crippen LogP contribution in [0.25, 0.3) is 6.08 Å². The molecule has 2 aliphatic heterocycles. The van der Waals surface area contributed by atoms with Gasteiger partial charge in [0.25, 0.3) is 0 Å². The molecule has 2 aromatic rings. The monoisotopic (exact) mass is 846 g/mol. The third kappa shape index (κ3) is 10.9. The molecule has 0 radical (unpaired) electrons. The van der Waals surface area contributed by atoms with Crippen molar-refractivity contribution in [3.63, 3.8) is 0 Å². The van der Waals surface area contributed by atoms with Crippen molar-refractivity contribution in [3.05, 3.63) is 88.5 Å². The summed E-state index contributed by atoms with van der Waals surface area (Å²) < 4.78 is 35.0. The van der Waals surface area contributed by atoms with Gasteiger partial charge < -0.3 is 49.3 Å². The standard InChI is InChI=1S/C45H54N2O14/c1-25(49)36(40(53)46-30(23-48)16-18-35(51)60-43(2,3)4)47-39(52)29-19-32(37-33(20-29)59-45(61-37)21-27-12-7-8-13-28(27)22-45)57-41(54)31-14-10-9-11-26(31)15-17-34(50)58-38-42(55)56-24-44(38,5)6/h7-15,17,20,25,30,32-33,36-38,48-49H,16,18-19,21-24H2,1-6H3,(H,46,53)(H,47,52)/t25-,30-,32+,33+,36+,37-,38-/m0/s1. The first-order chi connectivity index (χ1) is 28.8. The molecule has 61 heavy (non-hydrogen) atoms. The molecule has 4 aliphatic rings. The fourth-order valence-corrected chi connectivity index (χ4v) is 7.76. The summed E-state index contributed by atoms with van der Waals surface area (Å²) in [6.07, 6.45) is -0.594. The summed E-state index contributed by atoms with van der Waals surface area (Å²) in [7, 11) is 0. The molecule has 0 bridgehead atoms. The molecule has 2 amide bonds. The number of aliphatic hydroxyl groups excluding tert-OH is 2. The molecule has 16 heteroatoms. The average molecular weight is 847 g/mol. The van der Waals surface area contributed by atoms with E-state index in [1.807, 2.05) is 24.3 Å². The number of carbonyl (C=O) groups is 6. The second kappa shape index (κ2) is 18.3. The highest BCUT2D eigenvalue weighted by atomic mass is 16.8. The lowest BCUT2D eigenvalue weighted by atomic mass is 9.90. The van der Waals surface area contributed by atoms with Gasteiger partial charge in [0.15, 0.2) is 5.79 Å². The van der Waals surface area contributed by atoms with Crippen molar-refractivity contribution >= 4 is 41.8 Å². The topological polar surface area (TPSA) is 222 Å². The molecule has 16 nitrogen and oxygen atoms in total. The van der Waals surface area contributed by atoms with Crippen LogP contribution < -0.4 is 10.6 Å². The van der Waals surface area contributed by atoms with Crippen molar-refractivity contribution in [3.8, 4) is 0 Å². The van der Waals surface area contributed by atoms with E-state index in [9.17, 15) is 39.0 Å². The van der Waals surface area contributed by atoms with Gasteiger partial charge in [-0.3, -0.25) is 14.4 Å². The lowest BCUT2D eigenvalue weighted by Crippen LogP contribution is -2.55. The molecule has 0 unspecified atom stereocenters. The number of ether oxygens (including phenoxy) is 6. The Hall–Kier alpha value is -5.42. The number of nitrogens with one attached hydrogen (secondary N) is 2. The van der Waals surface area contributed by atoms with Gasteiger partial charge in [0, 0.05) is 42.7 Å². The highest BCUT2D eigenvalue weighted by Crippen LogP contribution is 2.45. The number of cyclic esters (lactones) is 1. The van der Waals surface area contributed by atoms with Gasteiger partial charge >= 0.3 is 23.9 Å². The number of rotatable bonds is 14. The molecule has 2 aromatic carbocycles. The number of aliphatic hydroxyl groups is 2. The van der Waals surface area contributed by atoms with Crippen LogP contribution in [0.4, 0.5) is 0 Å². The minimum Gasteiger partial charge on any atom is -0.462 e. The van der Waals surface area contributed by atoms with Gasteiger partial charge in [-0.1, -0.05) is 56.3 Å². The van der Waals surface area contributed by atoms with Crippen molar-refractivity contribution < 1.29 is 67.4 Å². The van der Waals surface area contributed by atoms with Crippen LogP contribution in [0.5, 0.6) is 0 Å². The highest BCUT2D eigenvalue weighted by Gasteiger charge is 2.55. The van der Waals surface area contributed by atoms with Gasteiger partial charge in [0.2, 0.25) is 17.9 Å². The zero-order valence-electron chi connectivity index (χ0n) is 35.1. The first-order valence-electron chi connectivity index (χ1n) is 20.4. The summed E-state index contributed by atoms with van der Waals surface area (Å²) in [5.74, 6) is -5.41. The molecular weight excluding hydrogens is 792 g/mol. The van der Waals surface area contributed by atoms with E-state index in [-0.39, 0.29) is 37.0 Å². The molecule has 2 aliphatic carbocycles. The molecule has 7 atom stereocenters. The third-order valence-electron chi connectivity index (χ3n) is 10.8. The van der Waals surface area contributed by atoms with Gasteiger partial charge in [-0.15, -0.1) is 0 Å².